The summed E-state index contributed by atoms with van der Waals surface area (Å²) >= 11 is 1.19. The highest BCUT2D eigenvalue weighted by Gasteiger charge is 2.35. The summed E-state index contributed by atoms with van der Waals surface area (Å²) in [6.07, 6.45) is 1.63. The molecular weight excluding hydrogens is 578 g/mol. The maximum Gasteiger partial charge on any atom is 0.338 e. The Morgan fingerprint density at radius 3 is 2.43 bits per heavy atom. The third-order valence-electron chi connectivity index (χ3n) is 7.51. The minimum atomic E-state index is -0.771. The molecule has 2 aromatic heterocycles. The van der Waals surface area contributed by atoms with E-state index in [-0.39, 0.29) is 23.4 Å². The van der Waals surface area contributed by atoms with E-state index in [1.165, 1.54) is 22.0 Å². The van der Waals surface area contributed by atoms with Gasteiger partial charge in [-0.3, -0.25) is 19.5 Å². The zero-order valence-corrected chi connectivity index (χ0v) is 25.0. The van der Waals surface area contributed by atoms with Gasteiger partial charge < -0.3 is 9.15 Å². The van der Waals surface area contributed by atoms with E-state index in [1.807, 2.05) is 73.7 Å². The molecule has 0 N–H and O–H groups in total. The summed E-state index contributed by atoms with van der Waals surface area (Å²) in [5.74, 6) is 0.292. The lowest BCUT2D eigenvalue weighted by Crippen LogP contribution is -2.39. The van der Waals surface area contributed by atoms with Gasteiger partial charge in [-0.15, -0.1) is 0 Å². The molecular formula is C34H27N3O6S. The van der Waals surface area contributed by atoms with Crippen LogP contribution in [0, 0.1) is 24.0 Å². The minimum absolute atomic E-state index is 0.0128. The monoisotopic (exact) mass is 605 g/mol. The molecule has 0 radical (unpaired) electrons. The van der Waals surface area contributed by atoms with Gasteiger partial charge >= 0.3 is 5.97 Å². The molecule has 220 valence electrons. The summed E-state index contributed by atoms with van der Waals surface area (Å²) in [6, 6.07) is 24.7. The molecule has 5 aromatic rings. The normalized spacial score (nSPS) is 14.7. The minimum Gasteiger partial charge on any atom is -0.463 e. The zero-order valence-electron chi connectivity index (χ0n) is 24.1. The number of carbonyl (C=O) groups is 1. The zero-order chi connectivity index (χ0) is 31.0. The molecule has 0 spiro atoms. The van der Waals surface area contributed by atoms with Gasteiger partial charge in [0.2, 0.25) is 0 Å². The van der Waals surface area contributed by atoms with E-state index in [1.54, 1.807) is 32.1 Å². The number of rotatable bonds is 7. The van der Waals surface area contributed by atoms with Crippen LogP contribution in [0.15, 0.2) is 105 Å². The van der Waals surface area contributed by atoms with Crippen molar-refractivity contribution in [3.63, 3.8) is 0 Å². The summed E-state index contributed by atoms with van der Waals surface area (Å²) in [6.45, 7) is 5.43. The molecule has 0 aliphatic carbocycles. The molecule has 1 atom stereocenters. The lowest BCUT2D eigenvalue weighted by molar-refractivity contribution is -0.385. The molecule has 9 nitrogen and oxygen atoms in total. The Labute approximate surface area is 255 Å². The second kappa shape index (κ2) is 11.7. The summed E-state index contributed by atoms with van der Waals surface area (Å²) in [5.41, 5.74) is 3.80. The quantitative estimate of drug-likeness (QED) is 0.133. The van der Waals surface area contributed by atoms with Gasteiger partial charge in [-0.2, -0.15) is 0 Å². The van der Waals surface area contributed by atoms with Crippen molar-refractivity contribution in [2.45, 2.75) is 26.8 Å². The number of furan rings is 1. The first-order chi connectivity index (χ1) is 21.3. The number of aryl methyl sites for hydroxylation is 1. The first-order valence-corrected chi connectivity index (χ1v) is 14.8. The summed E-state index contributed by atoms with van der Waals surface area (Å²) < 4.78 is 13.4. The number of nitro groups is 1. The molecule has 0 unspecified atom stereocenters. The van der Waals surface area contributed by atoms with E-state index >= 15 is 0 Å². The van der Waals surface area contributed by atoms with E-state index < -0.39 is 16.9 Å². The highest BCUT2D eigenvalue weighted by molar-refractivity contribution is 7.07. The summed E-state index contributed by atoms with van der Waals surface area (Å²) in [5, 5.41) is 11.6. The molecule has 0 bridgehead atoms. The van der Waals surface area contributed by atoms with Crippen molar-refractivity contribution in [1.29, 1.82) is 0 Å². The van der Waals surface area contributed by atoms with E-state index in [0.29, 0.717) is 37.7 Å². The number of nitrogens with zero attached hydrogens (tertiary/aromatic N) is 3. The van der Waals surface area contributed by atoms with E-state index in [0.717, 1.165) is 16.7 Å². The van der Waals surface area contributed by atoms with Gasteiger partial charge in [0.15, 0.2) is 4.80 Å². The van der Waals surface area contributed by atoms with Crippen molar-refractivity contribution in [1.82, 2.24) is 4.57 Å². The van der Waals surface area contributed by atoms with Gasteiger partial charge in [0.25, 0.3) is 11.2 Å². The number of fused-ring (bicyclic) bond motifs is 1. The van der Waals surface area contributed by atoms with Gasteiger partial charge in [0, 0.05) is 28.8 Å². The molecule has 0 saturated carbocycles. The lowest BCUT2D eigenvalue weighted by Gasteiger charge is -2.25. The van der Waals surface area contributed by atoms with Crippen LogP contribution in [0.1, 0.15) is 41.0 Å². The number of esters is 1. The predicted octanol–water partition coefficient (Wildman–Crippen LogP) is 5.72. The number of aromatic nitrogens is 1. The van der Waals surface area contributed by atoms with Crippen molar-refractivity contribution in [2.24, 2.45) is 4.99 Å². The summed E-state index contributed by atoms with van der Waals surface area (Å²) in [4.78, 5) is 44.0. The Bertz CT molecular complexity index is 2120. The van der Waals surface area contributed by atoms with Gasteiger partial charge in [0.05, 0.1) is 33.4 Å². The van der Waals surface area contributed by atoms with Crippen molar-refractivity contribution < 1.29 is 18.9 Å². The Balaban J connectivity index is 1.53. The fraction of sp³-hybridized carbons (Fsp3) is 0.147. The van der Waals surface area contributed by atoms with Gasteiger partial charge in [-0.05, 0) is 50.1 Å². The number of ether oxygens (including phenoxy) is 1. The molecule has 3 heterocycles. The number of thiazole rings is 1. The Morgan fingerprint density at radius 2 is 1.75 bits per heavy atom. The number of hydrogen-bond donors (Lipinski definition) is 0. The smallest absolute Gasteiger partial charge is 0.338 e. The lowest BCUT2D eigenvalue weighted by atomic mass is 9.93. The molecule has 44 heavy (non-hydrogen) atoms. The highest BCUT2D eigenvalue weighted by Crippen LogP contribution is 2.35. The van der Waals surface area contributed by atoms with Crippen LogP contribution in [-0.2, 0) is 9.53 Å². The van der Waals surface area contributed by atoms with Crippen LogP contribution in [0.2, 0.25) is 0 Å². The van der Waals surface area contributed by atoms with Gasteiger partial charge in [-0.1, -0.05) is 72.0 Å². The topological polar surface area (TPSA) is 117 Å². The largest absolute Gasteiger partial charge is 0.463 e. The highest BCUT2D eigenvalue weighted by atomic mass is 32.1. The molecule has 10 heteroatoms. The van der Waals surface area contributed by atoms with Crippen molar-refractivity contribution in [3.8, 4) is 11.3 Å². The first-order valence-electron chi connectivity index (χ1n) is 14.0. The van der Waals surface area contributed by atoms with E-state index in [9.17, 15) is 19.7 Å². The van der Waals surface area contributed by atoms with Crippen LogP contribution < -0.4 is 14.9 Å². The van der Waals surface area contributed by atoms with Crippen molar-refractivity contribution >= 4 is 34.8 Å². The van der Waals surface area contributed by atoms with Crippen LogP contribution in [0.5, 0.6) is 0 Å². The standard InChI is InChI=1S/C34H27N3O6S/c1-4-42-33(39)29-30(22-11-7-5-8-12-22)35-34-36(31(29)23-13-9-6-10-14-23)32(38)28(44-34)19-25-15-16-27(43-25)24-17-20(2)21(3)26(18-24)37(40)41/h5-19,31H,4H2,1-3H3/b28-19-/t31-/m1/s1. The van der Waals surface area contributed by atoms with Crippen LogP contribution in [0.3, 0.4) is 0 Å². The average molecular weight is 606 g/mol. The first kappa shape index (κ1) is 28.8. The van der Waals surface area contributed by atoms with Crippen LogP contribution in [0.4, 0.5) is 5.69 Å². The number of carbonyl (C=O) groups excluding carboxylic acids is 1. The van der Waals surface area contributed by atoms with E-state index in [4.69, 9.17) is 14.1 Å². The number of nitro benzene ring substituents is 1. The molecule has 1 aliphatic heterocycles. The summed E-state index contributed by atoms with van der Waals surface area (Å²) in [7, 11) is 0. The van der Waals surface area contributed by atoms with Crippen molar-refractivity contribution in [3.05, 3.63) is 148 Å². The fourth-order valence-corrected chi connectivity index (χ4v) is 6.26. The molecule has 6 rings (SSSR count). The third kappa shape index (κ3) is 5.20. The van der Waals surface area contributed by atoms with Crippen LogP contribution >= 0.6 is 11.3 Å². The maximum absolute atomic E-state index is 14.0. The second-order valence-corrected chi connectivity index (χ2v) is 11.2. The van der Waals surface area contributed by atoms with Gasteiger partial charge in [0.1, 0.15) is 11.5 Å². The third-order valence-corrected chi connectivity index (χ3v) is 8.49. The molecule has 0 saturated heterocycles. The number of hydrogen-bond acceptors (Lipinski definition) is 8. The fourth-order valence-electron chi connectivity index (χ4n) is 5.28. The number of benzene rings is 3. The molecule has 0 amide bonds. The van der Waals surface area contributed by atoms with Crippen LogP contribution in [0.25, 0.3) is 23.1 Å². The molecule has 3 aromatic carbocycles. The average Bonchev–Trinajstić information content (AvgIpc) is 3.62. The van der Waals surface area contributed by atoms with Gasteiger partial charge in [-0.25, -0.2) is 9.79 Å². The molecule has 1 aliphatic rings. The maximum atomic E-state index is 14.0. The predicted molar refractivity (Wildman–Crippen MR) is 168 cm³/mol. The molecule has 0 fully saturated rings. The Morgan fingerprint density at radius 1 is 1.05 bits per heavy atom. The second-order valence-electron chi connectivity index (χ2n) is 10.2. The van der Waals surface area contributed by atoms with E-state index in [2.05, 4.69) is 0 Å². The Hall–Kier alpha value is -5.35. The van der Waals surface area contributed by atoms with Crippen molar-refractivity contribution in [2.75, 3.05) is 6.61 Å². The van der Waals surface area contributed by atoms with Crippen LogP contribution in [-0.4, -0.2) is 22.1 Å². The SMILES string of the molecule is CCOC(=O)C1=C(c2ccccc2)N=c2s/c(=C\c3ccc(-c4cc(C)c(C)c([N+](=O)[O-])c4)o3)c(=O)n2[C@@H]1c1ccccc1. The Kier molecular flexibility index (Phi) is 7.67.